The molecule has 23 heavy (non-hydrogen) atoms. The number of aromatic hydroxyl groups is 2. The number of hydrogen-bond donors (Lipinski definition) is 3. The first-order chi connectivity index (χ1) is 10.7. The number of hydrazone groups is 1. The molecule has 0 saturated heterocycles. The van der Waals surface area contributed by atoms with E-state index in [4.69, 9.17) is 23.2 Å². The lowest BCUT2D eigenvalue weighted by Crippen LogP contribution is -2.18. The molecule has 0 bridgehead atoms. The molecule has 122 valence electrons. The van der Waals surface area contributed by atoms with E-state index < -0.39 is 21.5 Å². The van der Waals surface area contributed by atoms with Crippen LogP contribution in [0.4, 0.5) is 0 Å². The molecule has 3 N–H and O–H groups in total. The highest BCUT2D eigenvalue weighted by molar-refractivity contribution is 9.10. The fourth-order valence-electron chi connectivity index (χ4n) is 1.55. The van der Waals surface area contributed by atoms with Gasteiger partial charge in [0, 0.05) is 10.0 Å². The molecule has 2 aromatic carbocycles. The fraction of sp³-hybridized carbons (Fsp3) is 0. The Labute approximate surface area is 150 Å². The zero-order valence-electron chi connectivity index (χ0n) is 11.2. The number of phenolic OH excluding ortho intramolecular Hbond substituents is 2. The maximum absolute atomic E-state index is 12.0. The lowest BCUT2D eigenvalue weighted by atomic mass is 10.2. The summed E-state index contributed by atoms with van der Waals surface area (Å²) in [5, 5.41) is 22.3. The molecule has 0 radical (unpaired) electrons. The van der Waals surface area contributed by atoms with Crippen LogP contribution in [-0.4, -0.2) is 24.8 Å². The van der Waals surface area contributed by atoms with Crippen molar-refractivity contribution >= 4 is 55.4 Å². The molecule has 0 heterocycles. The van der Waals surface area contributed by atoms with Crippen LogP contribution in [0.2, 0.25) is 10.0 Å². The molecule has 0 aliphatic carbocycles. The van der Waals surface area contributed by atoms with Crippen LogP contribution < -0.4 is 4.83 Å². The Hall–Kier alpha value is -1.48. The molecule has 6 nitrogen and oxygen atoms in total. The van der Waals surface area contributed by atoms with Crippen molar-refractivity contribution in [3.8, 4) is 11.5 Å². The van der Waals surface area contributed by atoms with Crippen molar-refractivity contribution < 1.29 is 18.6 Å². The normalized spacial score (nSPS) is 11.8. The molecule has 0 aromatic heterocycles. The standard InChI is InChI=1S/C13H9BrCl2N2O4S/c14-8-1-3-9(4-2-8)23(21,22)18-17-6-7-5-10(15)13(20)11(16)12(7)19/h1-6,18-20H/b17-6+. The number of hydrogen-bond acceptors (Lipinski definition) is 5. The third-order valence-electron chi connectivity index (χ3n) is 2.70. The van der Waals surface area contributed by atoms with E-state index in [-0.39, 0.29) is 20.5 Å². The topological polar surface area (TPSA) is 99.0 Å². The SMILES string of the molecule is O=S(=O)(N/N=C/c1cc(Cl)c(O)c(Cl)c1O)c1ccc(Br)cc1. The Balaban J connectivity index is 2.24. The van der Waals surface area contributed by atoms with Gasteiger partial charge in [0.25, 0.3) is 10.0 Å². The molecule has 0 fully saturated rings. The van der Waals surface area contributed by atoms with E-state index in [1.54, 1.807) is 12.1 Å². The van der Waals surface area contributed by atoms with Crippen molar-refractivity contribution in [2.24, 2.45) is 5.10 Å². The first kappa shape index (κ1) is 17.9. The molecule has 0 saturated carbocycles. The van der Waals surface area contributed by atoms with Crippen LogP contribution in [0, 0.1) is 0 Å². The monoisotopic (exact) mass is 438 g/mol. The fourth-order valence-corrected chi connectivity index (χ4v) is 3.07. The zero-order chi connectivity index (χ0) is 17.2. The van der Waals surface area contributed by atoms with E-state index in [1.807, 2.05) is 4.83 Å². The third kappa shape index (κ3) is 4.08. The number of halogens is 3. The van der Waals surface area contributed by atoms with Crippen molar-refractivity contribution in [2.45, 2.75) is 4.90 Å². The average molecular weight is 440 g/mol. The summed E-state index contributed by atoms with van der Waals surface area (Å²) in [5.74, 6) is -0.946. The van der Waals surface area contributed by atoms with Crippen molar-refractivity contribution in [2.75, 3.05) is 0 Å². The lowest BCUT2D eigenvalue weighted by molar-refractivity contribution is 0.450. The Morgan fingerprint density at radius 1 is 1.13 bits per heavy atom. The van der Waals surface area contributed by atoms with Gasteiger partial charge in [-0.15, -0.1) is 0 Å². The van der Waals surface area contributed by atoms with Gasteiger partial charge in [0.05, 0.1) is 16.1 Å². The molecule has 0 amide bonds. The van der Waals surface area contributed by atoms with Crippen LogP contribution in [0.3, 0.4) is 0 Å². The predicted molar refractivity (Wildman–Crippen MR) is 91.8 cm³/mol. The van der Waals surface area contributed by atoms with Gasteiger partial charge in [0.15, 0.2) is 5.75 Å². The Bertz CT molecular complexity index is 871. The van der Waals surface area contributed by atoms with Crippen LogP contribution in [-0.2, 0) is 10.0 Å². The number of benzene rings is 2. The van der Waals surface area contributed by atoms with Crippen LogP contribution in [0.15, 0.2) is 44.8 Å². The maximum atomic E-state index is 12.0. The first-order valence-corrected chi connectivity index (χ1v) is 8.96. The summed E-state index contributed by atoms with van der Waals surface area (Å²) >= 11 is 14.6. The van der Waals surface area contributed by atoms with E-state index >= 15 is 0 Å². The maximum Gasteiger partial charge on any atom is 0.276 e. The van der Waals surface area contributed by atoms with Gasteiger partial charge in [-0.25, -0.2) is 4.83 Å². The molecule has 0 aliphatic rings. The zero-order valence-corrected chi connectivity index (χ0v) is 15.1. The molecular formula is C13H9BrCl2N2O4S. The third-order valence-corrected chi connectivity index (χ3v) is 5.11. The largest absolute Gasteiger partial charge is 0.506 e. The number of rotatable bonds is 4. The van der Waals surface area contributed by atoms with E-state index in [0.717, 1.165) is 10.7 Å². The number of sulfonamides is 1. The minimum absolute atomic E-state index is 0.0174. The van der Waals surface area contributed by atoms with Crippen LogP contribution in [0.25, 0.3) is 0 Å². The van der Waals surface area contributed by atoms with Crippen molar-refractivity contribution in [3.05, 3.63) is 50.4 Å². The molecule has 0 atom stereocenters. The number of nitrogens with zero attached hydrogens (tertiary/aromatic N) is 1. The van der Waals surface area contributed by atoms with Gasteiger partial charge in [-0.2, -0.15) is 13.5 Å². The van der Waals surface area contributed by atoms with E-state index in [0.29, 0.717) is 0 Å². The lowest BCUT2D eigenvalue weighted by Gasteiger charge is -2.06. The van der Waals surface area contributed by atoms with Crippen LogP contribution >= 0.6 is 39.1 Å². The van der Waals surface area contributed by atoms with Gasteiger partial charge < -0.3 is 10.2 Å². The second-order valence-corrected chi connectivity index (χ2v) is 7.63. The molecule has 0 unspecified atom stereocenters. The van der Waals surface area contributed by atoms with E-state index in [2.05, 4.69) is 21.0 Å². The highest BCUT2D eigenvalue weighted by Crippen LogP contribution is 2.40. The average Bonchev–Trinajstić information content (AvgIpc) is 2.50. The molecular weight excluding hydrogens is 431 g/mol. The summed E-state index contributed by atoms with van der Waals surface area (Å²) in [4.78, 5) is 2.01. The summed E-state index contributed by atoms with van der Waals surface area (Å²) in [6.45, 7) is 0. The summed E-state index contributed by atoms with van der Waals surface area (Å²) in [6.07, 6.45) is 1.02. The molecule has 0 aliphatic heterocycles. The van der Waals surface area contributed by atoms with Crippen molar-refractivity contribution in [1.29, 1.82) is 0 Å². The molecule has 0 spiro atoms. The molecule has 2 rings (SSSR count). The smallest absolute Gasteiger partial charge is 0.276 e. The van der Waals surface area contributed by atoms with Crippen molar-refractivity contribution in [3.63, 3.8) is 0 Å². The summed E-state index contributed by atoms with van der Waals surface area (Å²) in [6, 6.07) is 7.13. The minimum atomic E-state index is -3.85. The Kier molecular flexibility index (Phi) is 5.41. The summed E-state index contributed by atoms with van der Waals surface area (Å²) < 4.78 is 24.8. The quantitative estimate of drug-likeness (QED) is 0.501. The summed E-state index contributed by atoms with van der Waals surface area (Å²) in [7, 11) is -3.85. The van der Waals surface area contributed by atoms with Gasteiger partial charge in [-0.3, -0.25) is 0 Å². The van der Waals surface area contributed by atoms with Crippen LogP contribution in [0.5, 0.6) is 11.5 Å². The number of nitrogens with one attached hydrogen (secondary N) is 1. The van der Waals surface area contributed by atoms with Gasteiger partial charge in [0.1, 0.15) is 10.8 Å². The summed E-state index contributed by atoms with van der Waals surface area (Å²) in [5.41, 5.74) is 0.0382. The predicted octanol–water partition coefficient (Wildman–Crippen LogP) is 3.48. The highest BCUT2D eigenvalue weighted by Gasteiger charge is 2.15. The molecule has 2 aromatic rings. The Morgan fingerprint density at radius 2 is 1.74 bits per heavy atom. The highest BCUT2D eigenvalue weighted by atomic mass is 79.9. The van der Waals surface area contributed by atoms with Crippen molar-refractivity contribution in [1.82, 2.24) is 4.83 Å². The number of phenols is 2. The van der Waals surface area contributed by atoms with Gasteiger partial charge in [-0.1, -0.05) is 39.1 Å². The van der Waals surface area contributed by atoms with Gasteiger partial charge in [0.2, 0.25) is 0 Å². The van der Waals surface area contributed by atoms with Crippen LogP contribution in [0.1, 0.15) is 5.56 Å². The second kappa shape index (κ2) is 6.96. The van der Waals surface area contributed by atoms with E-state index in [9.17, 15) is 18.6 Å². The van der Waals surface area contributed by atoms with E-state index in [1.165, 1.54) is 18.2 Å². The minimum Gasteiger partial charge on any atom is -0.506 e. The Morgan fingerprint density at radius 3 is 2.35 bits per heavy atom. The van der Waals surface area contributed by atoms with Gasteiger partial charge >= 0.3 is 0 Å². The first-order valence-electron chi connectivity index (χ1n) is 5.92. The van der Waals surface area contributed by atoms with Gasteiger partial charge in [-0.05, 0) is 30.3 Å². The molecule has 10 heteroatoms. The second-order valence-electron chi connectivity index (χ2n) is 4.27.